The minimum Gasteiger partial charge on any atom is -0.369 e. The average molecular weight is 316 g/mol. The lowest BCUT2D eigenvalue weighted by Crippen LogP contribution is -2.39. The number of carbonyl (C=O) groups excluding carboxylic acids is 2. The molecule has 23 heavy (non-hydrogen) atoms. The minimum atomic E-state index is -0.434. The number of rotatable bonds is 3. The molecule has 2 amide bonds. The first kappa shape index (κ1) is 15.0. The number of hydrogen-bond acceptors (Lipinski definition) is 4. The Hall–Kier alpha value is -2.90. The van der Waals surface area contributed by atoms with Gasteiger partial charge in [-0.1, -0.05) is 12.1 Å². The third-order valence-electron chi connectivity index (χ3n) is 4.12. The van der Waals surface area contributed by atoms with Crippen LogP contribution in [0.3, 0.4) is 0 Å². The molecular weight excluding hydrogens is 300 g/mol. The Morgan fingerprint density at radius 1 is 1.22 bits per heavy atom. The van der Waals surface area contributed by atoms with Crippen molar-refractivity contribution in [2.75, 3.05) is 13.1 Å². The van der Waals surface area contributed by atoms with Gasteiger partial charge in [-0.3, -0.25) is 24.3 Å². The number of primary amides is 1. The average Bonchev–Trinajstić information content (AvgIpc) is 3.03. The first-order valence-electron chi connectivity index (χ1n) is 7.26. The summed E-state index contributed by atoms with van der Waals surface area (Å²) in [6.07, 6.45) is 0.518. The molecule has 1 saturated heterocycles. The molecule has 0 aliphatic carbocycles. The van der Waals surface area contributed by atoms with Crippen LogP contribution in [0.4, 0.5) is 0 Å². The third-order valence-corrected chi connectivity index (χ3v) is 4.12. The highest BCUT2D eigenvalue weighted by Crippen LogP contribution is 2.15. The van der Waals surface area contributed by atoms with Crippen molar-refractivity contribution >= 4 is 22.6 Å². The van der Waals surface area contributed by atoms with Crippen molar-refractivity contribution in [3.63, 3.8) is 0 Å². The highest BCUT2D eigenvalue weighted by atomic mass is 16.2. The Bertz CT molecular complexity index is 898. The molecule has 2 aromatic rings. The Morgan fingerprint density at radius 3 is 2.57 bits per heavy atom. The molecule has 3 rings (SSSR count). The van der Waals surface area contributed by atoms with E-state index >= 15 is 0 Å². The number of amides is 2. The zero-order chi connectivity index (χ0) is 16.6. The highest BCUT2D eigenvalue weighted by molar-refractivity contribution is 5.82. The van der Waals surface area contributed by atoms with E-state index in [2.05, 4.69) is 5.10 Å². The van der Waals surface area contributed by atoms with E-state index in [4.69, 9.17) is 5.73 Å². The number of likely N-dealkylation sites (tertiary alicyclic amines) is 1. The summed E-state index contributed by atoms with van der Waals surface area (Å²) in [5, 5.41) is 2.97. The number of nitrogens with one attached hydrogen (secondary N) is 1. The van der Waals surface area contributed by atoms with Gasteiger partial charge in [-0.05, 0) is 18.6 Å². The van der Waals surface area contributed by atoms with E-state index in [-0.39, 0.29) is 35.7 Å². The Labute approximate surface area is 130 Å². The number of benzene rings is 1. The van der Waals surface area contributed by atoms with Crippen LogP contribution in [0, 0.1) is 5.92 Å². The summed E-state index contributed by atoms with van der Waals surface area (Å²) in [6.45, 7) is 0.393. The topological polar surface area (TPSA) is 118 Å². The van der Waals surface area contributed by atoms with Crippen molar-refractivity contribution in [3.8, 4) is 0 Å². The SMILES string of the molecule is NC(=O)[C@@H]1CCN(C(=O)Cn2[nH]c(=O)c3ccccc3c2=O)C1. The van der Waals surface area contributed by atoms with Crippen LogP contribution in [0.15, 0.2) is 33.9 Å². The molecule has 8 heteroatoms. The third kappa shape index (κ3) is 2.75. The molecular formula is C15H16N4O4. The van der Waals surface area contributed by atoms with Gasteiger partial charge in [0, 0.05) is 13.1 Å². The number of fused-ring (bicyclic) bond motifs is 1. The quantitative estimate of drug-likeness (QED) is 0.757. The second-order valence-electron chi connectivity index (χ2n) is 5.61. The zero-order valence-electron chi connectivity index (χ0n) is 12.3. The molecule has 0 radical (unpaired) electrons. The number of carbonyl (C=O) groups is 2. The van der Waals surface area contributed by atoms with Gasteiger partial charge in [-0.25, -0.2) is 4.68 Å². The van der Waals surface area contributed by atoms with E-state index in [0.29, 0.717) is 13.0 Å². The second kappa shape index (κ2) is 5.71. The Kier molecular flexibility index (Phi) is 3.73. The van der Waals surface area contributed by atoms with E-state index in [1.807, 2.05) is 0 Å². The van der Waals surface area contributed by atoms with Crippen molar-refractivity contribution in [3.05, 3.63) is 45.0 Å². The first-order valence-corrected chi connectivity index (χ1v) is 7.26. The van der Waals surface area contributed by atoms with E-state index < -0.39 is 17.0 Å². The summed E-state index contributed by atoms with van der Waals surface area (Å²) < 4.78 is 1.00. The zero-order valence-corrected chi connectivity index (χ0v) is 12.3. The lowest BCUT2D eigenvalue weighted by Gasteiger charge is -2.16. The summed E-state index contributed by atoms with van der Waals surface area (Å²) >= 11 is 0. The molecule has 3 N–H and O–H groups in total. The van der Waals surface area contributed by atoms with Crippen LogP contribution < -0.4 is 16.9 Å². The van der Waals surface area contributed by atoms with Crippen LogP contribution in [0.2, 0.25) is 0 Å². The minimum absolute atomic E-state index is 0.251. The molecule has 0 spiro atoms. The number of aromatic nitrogens is 2. The van der Waals surface area contributed by atoms with Crippen LogP contribution >= 0.6 is 0 Å². The van der Waals surface area contributed by atoms with Crippen molar-refractivity contribution in [1.29, 1.82) is 0 Å². The molecule has 1 atom stereocenters. The lowest BCUT2D eigenvalue weighted by atomic mass is 10.1. The van der Waals surface area contributed by atoms with Crippen molar-refractivity contribution < 1.29 is 9.59 Å². The summed E-state index contributed by atoms with van der Waals surface area (Å²) in [5.74, 6) is -1.12. The number of nitrogens with zero attached hydrogens (tertiary/aromatic N) is 2. The first-order chi connectivity index (χ1) is 11.0. The number of hydrogen-bond donors (Lipinski definition) is 2. The number of H-pyrrole nitrogens is 1. The van der Waals surface area contributed by atoms with Gasteiger partial charge in [0.2, 0.25) is 11.8 Å². The van der Waals surface area contributed by atoms with Crippen LogP contribution in [0.1, 0.15) is 6.42 Å². The predicted octanol–water partition coefficient (Wildman–Crippen LogP) is -0.976. The maximum absolute atomic E-state index is 12.4. The van der Waals surface area contributed by atoms with E-state index in [1.165, 1.54) is 4.90 Å². The van der Waals surface area contributed by atoms with Crippen LogP contribution in [0.25, 0.3) is 10.8 Å². The van der Waals surface area contributed by atoms with Crippen LogP contribution in [-0.2, 0) is 16.1 Å². The summed E-state index contributed by atoms with van der Waals surface area (Å²) in [5.41, 5.74) is 4.38. The Morgan fingerprint density at radius 2 is 1.91 bits per heavy atom. The van der Waals surface area contributed by atoms with Gasteiger partial charge in [0.1, 0.15) is 6.54 Å². The van der Waals surface area contributed by atoms with Gasteiger partial charge in [0.05, 0.1) is 16.7 Å². The summed E-state index contributed by atoms with van der Waals surface area (Å²) in [4.78, 5) is 49.3. The van der Waals surface area contributed by atoms with Gasteiger partial charge in [0.15, 0.2) is 0 Å². The molecule has 1 aliphatic heterocycles. The second-order valence-corrected chi connectivity index (χ2v) is 5.61. The van der Waals surface area contributed by atoms with Gasteiger partial charge in [-0.2, -0.15) is 0 Å². The standard InChI is InChI=1S/C15H16N4O4/c16-13(21)9-5-6-18(7-9)12(20)8-19-15(23)11-4-2-1-3-10(11)14(22)17-19/h1-4,9H,5-8H2,(H2,16,21)(H,17,22)/t9-/m1/s1. The molecule has 8 nitrogen and oxygen atoms in total. The normalized spacial score (nSPS) is 17.6. The molecule has 0 bridgehead atoms. The maximum Gasteiger partial charge on any atom is 0.273 e. The van der Waals surface area contributed by atoms with E-state index in [1.54, 1.807) is 24.3 Å². The maximum atomic E-state index is 12.4. The van der Waals surface area contributed by atoms with Crippen molar-refractivity contribution in [2.24, 2.45) is 11.7 Å². The fourth-order valence-electron chi connectivity index (χ4n) is 2.81. The molecule has 0 unspecified atom stereocenters. The molecule has 1 aliphatic rings. The molecule has 2 heterocycles. The van der Waals surface area contributed by atoms with Gasteiger partial charge < -0.3 is 10.6 Å². The highest BCUT2D eigenvalue weighted by Gasteiger charge is 2.29. The van der Waals surface area contributed by atoms with Crippen LogP contribution in [-0.4, -0.2) is 39.6 Å². The predicted molar refractivity (Wildman–Crippen MR) is 82.7 cm³/mol. The van der Waals surface area contributed by atoms with Gasteiger partial charge in [0.25, 0.3) is 11.1 Å². The molecule has 1 aromatic heterocycles. The Balaban J connectivity index is 1.86. The van der Waals surface area contributed by atoms with E-state index in [9.17, 15) is 19.2 Å². The van der Waals surface area contributed by atoms with Gasteiger partial charge in [-0.15, -0.1) is 0 Å². The van der Waals surface area contributed by atoms with Gasteiger partial charge >= 0.3 is 0 Å². The molecule has 1 aromatic carbocycles. The van der Waals surface area contributed by atoms with Crippen molar-refractivity contribution in [1.82, 2.24) is 14.7 Å². The fourth-order valence-corrected chi connectivity index (χ4v) is 2.81. The molecule has 1 fully saturated rings. The van der Waals surface area contributed by atoms with E-state index in [0.717, 1.165) is 4.68 Å². The largest absolute Gasteiger partial charge is 0.369 e. The van der Waals surface area contributed by atoms with Crippen molar-refractivity contribution in [2.45, 2.75) is 13.0 Å². The molecule has 120 valence electrons. The number of nitrogens with two attached hydrogens (primary N) is 1. The summed E-state index contributed by atoms with van der Waals surface area (Å²) in [7, 11) is 0. The van der Waals surface area contributed by atoms with Crippen LogP contribution in [0.5, 0.6) is 0 Å². The summed E-state index contributed by atoms with van der Waals surface area (Å²) in [6, 6.07) is 6.43. The molecule has 0 saturated carbocycles. The monoisotopic (exact) mass is 316 g/mol. The number of aromatic amines is 1. The fraction of sp³-hybridized carbons (Fsp3) is 0.333. The lowest BCUT2D eigenvalue weighted by molar-refractivity contribution is -0.131. The smallest absolute Gasteiger partial charge is 0.273 e.